The van der Waals surface area contributed by atoms with Crippen molar-refractivity contribution in [2.24, 2.45) is 0 Å². The van der Waals surface area contributed by atoms with Gasteiger partial charge in [0.15, 0.2) is 0 Å². The van der Waals surface area contributed by atoms with Crippen LogP contribution in [0.2, 0.25) is 0 Å². The number of amides is 1. The maximum Gasteiger partial charge on any atom is 0.337 e. The molecule has 1 amide bonds. The number of anilines is 2. The van der Waals surface area contributed by atoms with Crippen LogP contribution in [0.15, 0.2) is 46.9 Å². The standard InChI is InChI=1S/C18H17BrN2O3/c19-13-5-3-12(4-6-13)17(22)20-14-7-8-16(15(11-14)18(23)24)21-9-1-2-10-21/h3-8,11H,1-2,9-10H2,(H,20,22)(H,23,24). The maximum absolute atomic E-state index is 12.3. The van der Waals surface area contributed by atoms with Gasteiger partial charge in [-0.1, -0.05) is 15.9 Å². The molecule has 24 heavy (non-hydrogen) atoms. The van der Waals surface area contributed by atoms with E-state index in [2.05, 4.69) is 26.1 Å². The number of carboxylic acids is 1. The summed E-state index contributed by atoms with van der Waals surface area (Å²) in [5.74, 6) is -1.26. The highest BCUT2D eigenvalue weighted by molar-refractivity contribution is 9.10. The van der Waals surface area contributed by atoms with E-state index < -0.39 is 5.97 Å². The lowest BCUT2D eigenvalue weighted by Gasteiger charge is -2.20. The van der Waals surface area contributed by atoms with Gasteiger partial charge in [0.1, 0.15) is 0 Å². The molecule has 0 radical (unpaired) electrons. The first kappa shape index (κ1) is 16.5. The van der Waals surface area contributed by atoms with Crippen molar-refractivity contribution >= 4 is 39.2 Å². The highest BCUT2D eigenvalue weighted by Gasteiger charge is 2.20. The molecular weight excluding hydrogens is 372 g/mol. The molecule has 0 aliphatic carbocycles. The summed E-state index contributed by atoms with van der Waals surface area (Å²) in [6.45, 7) is 1.73. The Morgan fingerprint density at radius 2 is 1.71 bits per heavy atom. The van der Waals surface area contributed by atoms with Gasteiger partial charge in [0.05, 0.1) is 11.3 Å². The summed E-state index contributed by atoms with van der Waals surface area (Å²) >= 11 is 3.33. The Balaban J connectivity index is 1.83. The summed E-state index contributed by atoms with van der Waals surface area (Å²) in [5.41, 5.74) is 1.91. The second kappa shape index (κ2) is 7.05. The monoisotopic (exact) mass is 388 g/mol. The lowest BCUT2D eigenvalue weighted by atomic mass is 10.1. The summed E-state index contributed by atoms with van der Waals surface area (Å²) < 4.78 is 0.891. The summed E-state index contributed by atoms with van der Waals surface area (Å²) in [4.78, 5) is 25.9. The van der Waals surface area contributed by atoms with Gasteiger partial charge >= 0.3 is 5.97 Å². The van der Waals surface area contributed by atoms with Crippen LogP contribution >= 0.6 is 15.9 Å². The Morgan fingerprint density at radius 3 is 2.33 bits per heavy atom. The molecule has 0 unspecified atom stereocenters. The lowest BCUT2D eigenvalue weighted by Crippen LogP contribution is -2.21. The van der Waals surface area contributed by atoms with Crippen molar-refractivity contribution in [1.82, 2.24) is 0 Å². The van der Waals surface area contributed by atoms with E-state index in [9.17, 15) is 14.7 Å². The zero-order chi connectivity index (χ0) is 17.1. The van der Waals surface area contributed by atoms with Crippen LogP contribution in [-0.2, 0) is 0 Å². The van der Waals surface area contributed by atoms with Crippen LogP contribution < -0.4 is 10.2 Å². The van der Waals surface area contributed by atoms with Gasteiger partial charge in [-0.2, -0.15) is 0 Å². The fourth-order valence-corrected chi connectivity index (χ4v) is 3.09. The minimum atomic E-state index is -0.989. The molecule has 1 fully saturated rings. The number of carbonyl (C=O) groups is 2. The molecule has 6 heteroatoms. The van der Waals surface area contributed by atoms with Crippen LogP contribution in [0.3, 0.4) is 0 Å². The van der Waals surface area contributed by atoms with E-state index in [1.54, 1.807) is 36.4 Å². The van der Waals surface area contributed by atoms with Crippen molar-refractivity contribution in [2.75, 3.05) is 23.3 Å². The Morgan fingerprint density at radius 1 is 1.04 bits per heavy atom. The third-order valence-electron chi connectivity index (χ3n) is 4.04. The zero-order valence-corrected chi connectivity index (χ0v) is 14.5. The fourth-order valence-electron chi connectivity index (χ4n) is 2.82. The summed E-state index contributed by atoms with van der Waals surface area (Å²) in [7, 11) is 0. The average molecular weight is 389 g/mol. The van der Waals surface area contributed by atoms with Gasteiger partial charge in [-0.25, -0.2) is 4.79 Å². The van der Waals surface area contributed by atoms with Crippen LogP contribution in [-0.4, -0.2) is 30.1 Å². The van der Waals surface area contributed by atoms with E-state index in [0.717, 1.165) is 30.4 Å². The van der Waals surface area contributed by atoms with E-state index >= 15 is 0 Å². The molecule has 1 heterocycles. The Bertz CT molecular complexity index is 768. The topological polar surface area (TPSA) is 69.6 Å². The molecule has 0 atom stereocenters. The van der Waals surface area contributed by atoms with Crippen LogP contribution in [0, 0.1) is 0 Å². The first-order valence-corrected chi connectivity index (χ1v) is 8.53. The first-order chi connectivity index (χ1) is 11.5. The summed E-state index contributed by atoms with van der Waals surface area (Å²) in [5, 5.41) is 12.2. The number of rotatable bonds is 4. The number of nitrogens with one attached hydrogen (secondary N) is 1. The van der Waals surface area contributed by atoms with Crippen molar-refractivity contribution in [1.29, 1.82) is 0 Å². The Kier molecular flexibility index (Phi) is 4.85. The van der Waals surface area contributed by atoms with Crippen molar-refractivity contribution < 1.29 is 14.7 Å². The van der Waals surface area contributed by atoms with E-state index in [-0.39, 0.29) is 11.5 Å². The zero-order valence-electron chi connectivity index (χ0n) is 13.0. The lowest BCUT2D eigenvalue weighted by molar-refractivity contribution is 0.0697. The third kappa shape index (κ3) is 3.59. The predicted molar refractivity (Wildman–Crippen MR) is 96.9 cm³/mol. The van der Waals surface area contributed by atoms with Crippen molar-refractivity contribution in [3.05, 3.63) is 58.1 Å². The van der Waals surface area contributed by atoms with Gasteiger partial charge in [0.2, 0.25) is 0 Å². The van der Waals surface area contributed by atoms with Crippen molar-refractivity contribution in [2.45, 2.75) is 12.8 Å². The van der Waals surface area contributed by atoms with Crippen LogP contribution in [0.1, 0.15) is 33.6 Å². The SMILES string of the molecule is O=C(Nc1ccc(N2CCCC2)c(C(=O)O)c1)c1ccc(Br)cc1. The predicted octanol–water partition coefficient (Wildman–Crippen LogP) is 4.00. The van der Waals surface area contributed by atoms with Gasteiger partial charge in [-0.05, 0) is 55.3 Å². The molecule has 2 N–H and O–H groups in total. The molecule has 0 bridgehead atoms. The number of carbonyl (C=O) groups excluding carboxylic acids is 1. The number of hydrogen-bond acceptors (Lipinski definition) is 3. The highest BCUT2D eigenvalue weighted by Crippen LogP contribution is 2.27. The van der Waals surface area contributed by atoms with E-state index in [1.165, 1.54) is 6.07 Å². The minimum Gasteiger partial charge on any atom is -0.478 e. The summed E-state index contributed by atoms with van der Waals surface area (Å²) in [6, 6.07) is 12.0. The minimum absolute atomic E-state index is 0.213. The van der Waals surface area contributed by atoms with Gasteiger partial charge in [-0.3, -0.25) is 4.79 Å². The van der Waals surface area contributed by atoms with Crippen LogP contribution in [0.4, 0.5) is 11.4 Å². The number of hydrogen-bond donors (Lipinski definition) is 2. The fraction of sp³-hybridized carbons (Fsp3) is 0.222. The molecule has 1 aliphatic rings. The molecule has 2 aromatic rings. The molecule has 1 saturated heterocycles. The molecule has 3 rings (SSSR count). The quantitative estimate of drug-likeness (QED) is 0.830. The van der Waals surface area contributed by atoms with Gasteiger partial charge in [-0.15, -0.1) is 0 Å². The molecule has 0 aromatic heterocycles. The van der Waals surface area contributed by atoms with Crippen LogP contribution in [0.25, 0.3) is 0 Å². The van der Waals surface area contributed by atoms with Crippen molar-refractivity contribution in [3.63, 3.8) is 0 Å². The third-order valence-corrected chi connectivity index (χ3v) is 4.57. The first-order valence-electron chi connectivity index (χ1n) is 7.74. The molecule has 0 saturated carbocycles. The molecular formula is C18H17BrN2O3. The van der Waals surface area contributed by atoms with Crippen LogP contribution in [0.5, 0.6) is 0 Å². The number of carboxylic acid groups (broad SMARTS) is 1. The Labute approximate surface area is 148 Å². The molecule has 2 aromatic carbocycles. The normalized spacial score (nSPS) is 13.8. The average Bonchev–Trinajstić information content (AvgIpc) is 3.09. The molecule has 0 spiro atoms. The second-order valence-electron chi connectivity index (χ2n) is 5.69. The highest BCUT2D eigenvalue weighted by atomic mass is 79.9. The summed E-state index contributed by atoms with van der Waals surface area (Å²) in [6.07, 6.45) is 2.14. The van der Waals surface area contributed by atoms with E-state index in [4.69, 9.17) is 0 Å². The number of benzene rings is 2. The molecule has 5 nitrogen and oxygen atoms in total. The van der Waals surface area contributed by atoms with Gasteiger partial charge < -0.3 is 15.3 Å². The maximum atomic E-state index is 12.3. The Hall–Kier alpha value is -2.34. The largest absolute Gasteiger partial charge is 0.478 e. The van der Waals surface area contributed by atoms with E-state index in [1.807, 2.05) is 0 Å². The molecule has 124 valence electrons. The number of aromatic carboxylic acids is 1. The van der Waals surface area contributed by atoms with E-state index in [0.29, 0.717) is 16.9 Å². The van der Waals surface area contributed by atoms with Gasteiger partial charge in [0.25, 0.3) is 5.91 Å². The molecule has 1 aliphatic heterocycles. The number of halogens is 1. The second-order valence-corrected chi connectivity index (χ2v) is 6.61. The smallest absolute Gasteiger partial charge is 0.337 e. The van der Waals surface area contributed by atoms with Crippen molar-refractivity contribution in [3.8, 4) is 0 Å². The number of nitrogens with zero attached hydrogens (tertiary/aromatic N) is 1. The van der Waals surface area contributed by atoms with Gasteiger partial charge in [0, 0.05) is 28.8 Å².